The fourth-order valence-electron chi connectivity index (χ4n) is 3.62. The molecule has 1 aromatic heterocycles. The Kier molecular flexibility index (Phi) is 6.86. The van der Waals surface area contributed by atoms with Gasteiger partial charge in [-0.2, -0.15) is 0 Å². The molecular weight excluding hydrogens is 434 g/mol. The molecule has 0 bridgehead atoms. The maximum Gasteiger partial charge on any atom is 0.328 e. The lowest BCUT2D eigenvalue weighted by Gasteiger charge is -2.21. The third-order valence-corrected chi connectivity index (χ3v) is 6.72. The molecule has 2 N–H and O–H groups in total. The van der Waals surface area contributed by atoms with Crippen LogP contribution in [0.15, 0.2) is 53.7 Å². The van der Waals surface area contributed by atoms with E-state index < -0.39 is 16.1 Å². The minimum Gasteiger partial charge on any atom is -0.333 e. The Morgan fingerprint density at radius 2 is 1.71 bits per heavy atom. The number of carbonyl (C=O) groups is 1. The van der Waals surface area contributed by atoms with Gasteiger partial charge in [0, 0.05) is 34.7 Å². The molecule has 3 aromatic rings. The second kappa shape index (κ2) is 9.24. The molecule has 0 unspecified atom stereocenters. The first-order valence-corrected chi connectivity index (χ1v) is 11.9. The van der Waals surface area contributed by atoms with E-state index in [9.17, 15) is 13.2 Å². The van der Waals surface area contributed by atoms with Crippen LogP contribution in [0.1, 0.15) is 56.2 Å². The predicted molar refractivity (Wildman–Crippen MR) is 124 cm³/mol. The lowest BCUT2D eigenvalue weighted by Crippen LogP contribution is -2.39. The van der Waals surface area contributed by atoms with E-state index in [-0.39, 0.29) is 23.3 Å². The van der Waals surface area contributed by atoms with E-state index in [2.05, 4.69) is 42.7 Å². The molecule has 0 aliphatic heterocycles. The zero-order chi connectivity index (χ0) is 22.8. The van der Waals surface area contributed by atoms with Crippen molar-refractivity contribution < 1.29 is 13.2 Å². The lowest BCUT2D eigenvalue weighted by molar-refractivity contribution is 0.245. The normalized spacial score (nSPS) is 11.8. The summed E-state index contributed by atoms with van der Waals surface area (Å²) in [7, 11) is -4.06. The molecule has 0 spiro atoms. The molecule has 0 aliphatic rings. The third kappa shape index (κ3) is 5.17. The molecule has 0 atom stereocenters. The first-order chi connectivity index (χ1) is 14.6. The number of fused-ring (bicyclic) bond motifs is 1. The molecule has 3 rings (SSSR count). The van der Waals surface area contributed by atoms with Crippen molar-refractivity contribution in [2.24, 2.45) is 0 Å². The van der Waals surface area contributed by atoms with Gasteiger partial charge in [-0.25, -0.2) is 17.9 Å². The summed E-state index contributed by atoms with van der Waals surface area (Å²) in [6.07, 6.45) is 3.10. The topological polar surface area (TPSA) is 88.2 Å². The number of aromatic nitrogens is 1. The van der Waals surface area contributed by atoms with Gasteiger partial charge in [0.2, 0.25) is 0 Å². The van der Waals surface area contributed by atoms with Gasteiger partial charge in [-0.1, -0.05) is 51.4 Å². The van der Waals surface area contributed by atoms with Crippen LogP contribution in [0.5, 0.6) is 0 Å². The Bertz CT molecular complexity index is 1190. The minimum absolute atomic E-state index is 0.0276. The summed E-state index contributed by atoms with van der Waals surface area (Å²) in [5.41, 5.74) is 3.01. The average molecular weight is 460 g/mol. The molecule has 31 heavy (non-hydrogen) atoms. The number of rotatable bonds is 6. The largest absolute Gasteiger partial charge is 0.333 e. The van der Waals surface area contributed by atoms with Gasteiger partial charge in [-0.3, -0.25) is 4.98 Å². The highest BCUT2D eigenvalue weighted by Gasteiger charge is 2.21. The average Bonchev–Trinajstić information content (AvgIpc) is 2.71. The molecule has 0 radical (unpaired) electrons. The Hall–Kier alpha value is -2.64. The highest BCUT2D eigenvalue weighted by atomic mass is 35.5. The van der Waals surface area contributed by atoms with Crippen molar-refractivity contribution in [3.05, 3.63) is 70.5 Å². The van der Waals surface area contributed by atoms with E-state index in [0.717, 1.165) is 16.7 Å². The van der Waals surface area contributed by atoms with Crippen LogP contribution in [0.3, 0.4) is 0 Å². The standard InChI is InChI=1S/C23H26ClN3O3S/c1-14(2)19-10-17(24)11-20(15(3)4)21(19)13-26-23(28)27-31(29,30)22-7-5-6-16-12-25-9-8-18(16)22/h5-12,14-15H,13H2,1-4H3,(H2,26,27,28). The Morgan fingerprint density at radius 1 is 1.06 bits per heavy atom. The number of hydrogen-bond acceptors (Lipinski definition) is 4. The van der Waals surface area contributed by atoms with Crippen molar-refractivity contribution in [2.45, 2.75) is 51.0 Å². The molecule has 2 aromatic carbocycles. The van der Waals surface area contributed by atoms with Crippen LogP contribution < -0.4 is 10.0 Å². The van der Waals surface area contributed by atoms with Crippen molar-refractivity contribution in [1.82, 2.24) is 15.0 Å². The lowest BCUT2D eigenvalue weighted by atomic mass is 9.88. The number of halogens is 1. The summed E-state index contributed by atoms with van der Waals surface area (Å²) < 4.78 is 27.8. The van der Waals surface area contributed by atoms with Crippen molar-refractivity contribution in [3.63, 3.8) is 0 Å². The molecule has 6 nitrogen and oxygen atoms in total. The quantitative estimate of drug-likeness (QED) is 0.521. The minimum atomic E-state index is -4.06. The van der Waals surface area contributed by atoms with Crippen molar-refractivity contribution in [3.8, 4) is 0 Å². The number of nitrogens with zero attached hydrogens (tertiary/aromatic N) is 1. The number of amides is 2. The Morgan fingerprint density at radius 3 is 2.32 bits per heavy atom. The van der Waals surface area contributed by atoms with Crippen molar-refractivity contribution >= 4 is 38.4 Å². The van der Waals surface area contributed by atoms with E-state index in [4.69, 9.17) is 11.6 Å². The second-order valence-electron chi connectivity index (χ2n) is 8.01. The van der Waals surface area contributed by atoms with Crippen LogP contribution in [-0.4, -0.2) is 19.4 Å². The number of nitrogens with one attached hydrogen (secondary N) is 2. The predicted octanol–water partition coefficient (Wildman–Crippen LogP) is 5.32. The first-order valence-electron chi connectivity index (χ1n) is 10.1. The zero-order valence-electron chi connectivity index (χ0n) is 17.9. The van der Waals surface area contributed by atoms with Gasteiger partial charge < -0.3 is 5.32 Å². The molecule has 1 heterocycles. The Balaban J connectivity index is 1.83. The summed E-state index contributed by atoms with van der Waals surface area (Å²) in [4.78, 5) is 16.6. The zero-order valence-corrected chi connectivity index (χ0v) is 19.5. The number of carbonyl (C=O) groups excluding carboxylic acids is 1. The number of pyridine rings is 1. The maximum absolute atomic E-state index is 12.9. The number of hydrogen-bond donors (Lipinski definition) is 2. The number of urea groups is 1. The van der Waals surface area contributed by atoms with Crippen molar-refractivity contribution in [1.29, 1.82) is 0 Å². The third-order valence-electron chi connectivity index (χ3n) is 5.11. The second-order valence-corrected chi connectivity index (χ2v) is 10.1. The highest BCUT2D eigenvalue weighted by Crippen LogP contribution is 2.31. The van der Waals surface area contributed by atoms with Crippen LogP contribution in [0.25, 0.3) is 10.8 Å². The van der Waals surface area contributed by atoms with Gasteiger partial charge in [0.1, 0.15) is 0 Å². The van der Waals surface area contributed by atoms with Crippen LogP contribution in [-0.2, 0) is 16.6 Å². The van der Waals surface area contributed by atoms with Crippen LogP contribution in [0.2, 0.25) is 5.02 Å². The molecule has 8 heteroatoms. The van der Waals surface area contributed by atoms with Gasteiger partial charge in [-0.15, -0.1) is 0 Å². The van der Waals surface area contributed by atoms with Gasteiger partial charge in [0.15, 0.2) is 0 Å². The number of benzene rings is 2. The summed E-state index contributed by atoms with van der Waals surface area (Å²) >= 11 is 6.29. The van der Waals surface area contributed by atoms with E-state index >= 15 is 0 Å². The summed E-state index contributed by atoms with van der Waals surface area (Å²) in [5.74, 6) is 0.396. The fraction of sp³-hybridized carbons (Fsp3) is 0.304. The van der Waals surface area contributed by atoms with E-state index in [1.165, 1.54) is 12.3 Å². The Labute approximate surface area is 188 Å². The van der Waals surface area contributed by atoms with Crippen molar-refractivity contribution in [2.75, 3.05) is 0 Å². The van der Waals surface area contributed by atoms with Crippen LogP contribution in [0.4, 0.5) is 4.79 Å². The SMILES string of the molecule is CC(C)c1cc(Cl)cc(C(C)C)c1CNC(=O)NS(=O)(=O)c1cccc2cnccc12. The smallest absolute Gasteiger partial charge is 0.328 e. The van der Waals surface area contributed by atoms with E-state index in [1.807, 2.05) is 12.1 Å². The highest BCUT2D eigenvalue weighted by molar-refractivity contribution is 7.90. The van der Waals surface area contributed by atoms with Crippen LogP contribution >= 0.6 is 11.6 Å². The number of sulfonamides is 1. The van der Waals surface area contributed by atoms with Gasteiger partial charge in [-0.05, 0) is 52.8 Å². The molecule has 2 amide bonds. The van der Waals surface area contributed by atoms with Crippen LogP contribution in [0, 0.1) is 0 Å². The van der Waals surface area contributed by atoms with E-state index in [1.54, 1.807) is 24.4 Å². The molecule has 164 valence electrons. The molecule has 0 saturated carbocycles. The van der Waals surface area contributed by atoms with Gasteiger partial charge in [0.05, 0.1) is 4.90 Å². The summed E-state index contributed by atoms with van der Waals surface area (Å²) in [6, 6.07) is 9.47. The first kappa shape index (κ1) is 23.0. The molecule has 0 fully saturated rings. The molecule has 0 aliphatic carbocycles. The summed E-state index contributed by atoms with van der Waals surface area (Å²) in [6.45, 7) is 8.41. The maximum atomic E-state index is 12.9. The molecular formula is C23H26ClN3O3S. The monoisotopic (exact) mass is 459 g/mol. The van der Waals surface area contributed by atoms with Gasteiger partial charge in [0.25, 0.3) is 10.0 Å². The fourth-order valence-corrected chi connectivity index (χ4v) is 5.02. The van der Waals surface area contributed by atoms with E-state index in [0.29, 0.717) is 15.8 Å². The van der Waals surface area contributed by atoms with Gasteiger partial charge >= 0.3 is 6.03 Å². The molecule has 0 saturated heterocycles. The summed E-state index contributed by atoms with van der Waals surface area (Å²) in [5, 5.41) is 4.52.